The Labute approximate surface area is 118 Å². The Morgan fingerprint density at radius 2 is 1.94 bits per heavy atom. The topological polar surface area (TPSA) is 27.1 Å². The molecule has 1 aromatic heterocycles. The van der Waals surface area contributed by atoms with E-state index in [9.17, 15) is 0 Å². The summed E-state index contributed by atoms with van der Waals surface area (Å²) in [4.78, 5) is 3.98. The Hall–Kier alpha value is -1.19. The number of aromatic nitrogens is 2. The Bertz CT molecular complexity index is 475. The van der Waals surface area contributed by atoms with Crippen LogP contribution in [0.25, 0.3) is 0 Å². The fraction of sp³-hybridized carbons (Fsp3) is 0.308. The number of hydrogen-bond donors (Lipinski definition) is 0. The molecule has 3 nitrogen and oxygen atoms in total. The lowest BCUT2D eigenvalue weighted by molar-refractivity contribution is -0.00000397. The lowest BCUT2D eigenvalue weighted by Gasteiger charge is -2.12. The van der Waals surface area contributed by atoms with Crippen molar-refractivity contribution in [3.8, 4) is 5.75 Å². The van der Waals surface area contributed by atoms with Crippen LogP contribution in [0, 0.1) is 13.8 Å². The molecule has 0 amide bonds. The average molecular weight is 286 g/mol. The summed E-state index contributed by atoms with van der Waals surface area (Å²) >= 11 is 5.97. The number of imidazole rings is 1. The van der Waals surface area contributed by atoms with Gasteiger partial charge in [-0.3, -0.25) is 0 Å². The van der Waals surface area contributed by atoms with E-state index in [1.54, 1.807) is 12.5 Å². The van der Waals surface area contributed by atoms with Gasteiger partial charge in [0.05, 0.1) is 12.9 Å². The number of rotatable bonds is 4. The van der Waals surface area contributed by atoms with Crippen molar-refractivity contribution in [3.05, 3.63) is 47.0 Å². The molecule has 0 aliphatic rings. The summed E-state index contributed by atoms with van der Waals surface area (Å²) in [5.41, 5.74) is 2.14. The van der Waals surface area contributed by atoms with Crippen LogP contribution in [0.2, 0.25) is 5.02 Å². The zero-order valence-corrected chi connectivity index (χ0v) is 11.9. The van der Waals surface area contributed by atoms with Crippen LogP contribution in [0.3, 0.4) is 0 Å². The molecule has 2 aromatic rings. The van der Waals surface area contributed by atoms with Crippen LogP contribution in [-0.2, 0) is 6.54 Å². The van der Waals surface area contributed by atoms with Crippen molar-refractivity contribution in [2.75, 3.05) is 6.61 Å². The van der Waals surface area contributed by atoms with E-state index in [0.29, 0.717) is 6.61 Å². The zero-order valence-electron chi connectivity index (χ0n) is 10.4. The van der Waals surface area contributed by atoms with Crippen molar-refractivity contribution in [3.63, 3.8) is 0 Å². The van der Waals surface area contributed by atoms with Crippen LogP contribution in [0.4, 0.5) is 0 Å². The van der Waals surface area contributed by atoms with Crippen molar-refractivity contribution in [1.29, 1.82) is 0 Å². The van der Waals surface area contributed by atoms with Gasteiger partial charge in [0, 0.05) is 17.4 Å². The molecule has 0 aliphatic heterocycles. The summed E-state index contributed by atoms with van der Waals surface area (Å²) in [7, 11) is 0. The highest BCUT2D eigenvalue weighted by atomic mass is 35.5. The molecule has 0 unspecified atom stereocenters. The van der Waals surface area contributed by atoms with E-state index in [-0.39, 0.29) is 12.4 Å². The van der Waals surface area contributed by atoms with Gasteiger partial charge in [-0.1, -0.05) is 11.6 Å². The molecule has 5 heteroatoms. The highest BCUT2D eigenvalue weighted by Gasteiger charge is 2.05. The standard InChI is InChI=1S/C13H15ClN2O.ClH/c1-10-7-12(14)8-11(2)13(10)17-6-5-16-4-3-15-9-16;/h3-4,7-9H,5-6H2,1-2H3;1H/p-1. The van der Waals surface area contributed by atoms with E-state index < -0.39 is 0 Å². The van der Waals surface area contributed by atoms with Crippen molar-refractivity contribution < 1.29 is 17.1 Å². The summed E-state index contributed by atoms with van der Waals surface area (Å²) in [6.45, 7) is 5.43. The number of ether oxygens (including phenoxy) is 1. The molecule has 2 rings (SSSR count). The van der Waals surface area contributed by atoms with Crippen molar-refractivity contribution in [2.45, 2.75) is 20.4 Å². The molecule has 98 valence electrons. The van der Waals surface area contributed by atoms with Gasteiger partial charge >= 0.3 is 0 Å². The molecule has 1 heterocycles. The first-order valence-electron chi connectivity index (χ1n) is 5.52. The predicted molar refractivity (Wildman–Crippen MR) is 68.6 cm³/mol. The summed E-state index contributed by atoms with van der Waals surface area (Å²) in [6.07, 6.45) is 5.47. The van der Waals surface area contributed by atoms with Crippen molar-refractivity contribution in [2.24, 2.45) is 0 Å². The number of benzene rings is 1. The number of nitrogens with zero attached hydrogens (tertiary/aromatic N) is 2. The third-order valence-electron chi connectivity index (χ3n) is 2.58. The molecular weight excluding hydrogens is 271 g/mol. The average Bonchev–Trinajstić information content (AvgIpc) is 2.74. The highest BCUT2D eigenvalue weighted by Crippen LogP contribution is 2.26. The fourth-order valence-corrected chi connectivity index (χ4v) is 2.12. The van der Waals surface area contributed by atoms with E-state index in [1.807, 2.05) is 36.7 Å². The Kier molecular flexibility index (Phi) is 5.51. The van der Waals surface area contributed by atoms with E-state index in [4.69, 9.17) is 16.3 Å². The van der Waals surface area contributed by atoms with Gasteiger partial charge in [-0.25, -0.2) is 4.98 Å². The first-order valence-corrected chi connectivity index (χ1v) is 5.90. The minimum Gasteiger partial charge on any atom is -1.00 e. The molecular formula is C13H15Cl2N2O-. The zero-order chi connectivity index (χ0) is 12.3. The van der Waals surface area contributed by atoms with Crippen LogP contribution >= 0.6 is 11.6 Å². The molecule has 0 fully saturated rings. The monoisotopic (exact) mass is 285 g/mol. The predicted octanol–water partition coefficient (Wildman–Crippen LogP) is 0.236. The Morgan fingerprint density at radius 3 is 2.50 bits per heavy atom. The Morgan fingerprint density at radius 1 is 1.28 bits per heavy atom. The summed E-state index contributed by atoms with van der Waals surface area (Å²) in [6, 6.07) is 3.84. The lowest BCUT2D eigenvalue weighted by atomic mass is 10.1. The van der Waals surface area contributed by atoms with Crippen molar-refractivity contribution in [1.82, 2.24) is 9.55 Å². The molecule has 0 atom stereocenters. The molecule has 0 radical (unpaired) electrons. The molecule has 0 saturated heterocycles. The van der Waals surface area contributed by atoms with Gasteiger partial charge in [-0.15, -0.1) is 0 Å². The van der Waals surface area contributed by atoms with Gasteiger partial charge in [0.2, 0.25) is 0 Å². The molecule has 0 saturated carbocycles. The smallest absolute Gasteiger partial charge is 0.125 e. The third-order valence-corrected chi connectivity index (χ3v) is 2.80. The SMILES string of the molecule is Cc1cc(Cl)cc(C)c1OCCn1ccnc1.[Cl-]. The minimum atomic E-state index is 0. The lowest BCUT2D eigenvalue weighted by Crippen LogP contribution is -3.00. The largest absolute Gasteiger partial charge is 1.00 e. The minimum absolute atomic E-state index is 0. The number of hydrogen-bond acceptors (Lipinski definition) is 2. The van der Waals surface area contributed by atoms with Gasteiger partial charge < -0.3 is 21.7 Å². The fourth-order valence-electron chi connectivity index (χ4n) is 1.80. The molecule has 0 spiro atoms. The maximum Gasteiger partial charge on any atom is 0.125 e. The summed E-state index contributed by atoms with van der Waals surface area (Å²) < 4.78 is 7.78. The maximum absolute atomic E-state index is 5.97. The summed E-state index contributed by atoms with van der Waals surface area (Å²) in [5.74, 6) is 0.925. The first kappa shape index (κ1) is 14.9. The third kappa shape index (κ3) is 3.65. The number of aryl methyl sites for hydroxylation is 2. The van der Waals surface area contributed by atoms with Gasteiger partial charge in [-0.05, 0) is 37.1 Å². The summed E-state index contributed by atoms with van der Waals surface area (Å²) in [5, 5.41) is 0.752. The van der Waals surface area contributed by atoms with Gasteiger partial charge in [-0.2, -0.15) is 0 Å². The van der Waals surface area contributed by atoms with E-state index in [2.05, 4.69) is 4.98 Å². The first-order chi connectivity index (χ1) is 8.16. The second-order valence-electron chi connectivity index (χ2n) is 4.02. The second-order valence-corrected chi connectivity index (χ2v) is 4.45. The van der Waals surface area contributed by atoms with Crippen molar-refractivity contribution >= 4 is 11.6 Å². The molecule has 0 aliphatic carbocycles. The van der Waals surface area contributed by atoms with Crippen LogP contribution in [0.5, 0.6) is 5.75 Å². The molecule has 0 N–H and O–H groups in total. The number of halogens is 2. The maximum atomic E-state index is 5.97. The molecule has 18 heavy (non-hydrogen) atoms. The van der Waals surface area contributed by atoms with Gasteiger partial charge in [0.15, 0.2) is 0 Å². The van der Waals surface area contributed by atoms with E-state index >= 15 is 0 Å². The Balaban J connectivity index is 0.00000162. The highest BCUT2D eigenvalue weighted by molar-refractivity contribution is 6.30. The van der Waals surface area contributed by atoms with Gasteiger partial charge in [0.1, 0.15) is 12.4 Å². The van der Waals surface area contributed by atoms with E-state index in [0.717, 1.165) is 28.4 Å². The quantitative estimate of drug-likeness (QED) is 0.805. The normalized spacial score (nSPS) is 9.94. The van der Waals surface area contributed by atoms with Gasteiger partial charge in [0.25, 0.3) is 0 Å². The van der Waals surface area contributed by atoms with Crippen LogP contribution in [-0.4, -0.2) is 16.2 Å². The molecule has 1 aromatic carbocycles. The molecule has 0 bridgehead atoms. The second kappa shape index (κ2) is 6.66. The van der Waals surface area contributed by atoms with Crippen LogP contribution < -0.4 is 17.1 Å². The van der Waals surface area contributed by atoms with Crippen LogP contribution in [0.1, 0.15) is 11.1 Å². The van der Waals surface area contributed by atoms with Crippen LogP contribution in [0.15, 0.2) is 30.9 Å². The van der Waals surface area contributed by atoms with E-state index in [1.165, 1.54) is 0 Å².